The molecule has 10 nitrogen and oxygen atoms in total. The quantitative estimate of drug-likeness (QED) is 0.211. The fourth-order valence-electron chi connectivity index (χ4n) is 4.32. The predicted molar refractivity (Wildman–Crippen MR) is 155 cm³/mol. The van der Waals surface area contributed by atoms with Crippen molar-refractivity contribution in [2.45, 2.75) is 20.4 Å². The Morgan fingerprint density at radius 3 is 2.10 bits per heavy atom. The lowest BCUT2D eigenvalue weighted by molar-refractivity contribution is 0.0600. The van der Waals surface area contributed by atoms with Gasteiger partial charge in [0, 0.05) is 29.1 Å². The van der Waals surface area contributed by atoms with Gasteiger partial charge in [-0.15, -0.1) is 0 Å². The molecule has 2 heterocycles. The normalized spacial score (nSPS) is 10.7. The van der Waals surface area contributed by atoms with Gasteiger partial charge >= 0.3 is 12.0 Å². The third-order valence-corrected chi connectivity index (χ3v) is 6.61. The van der Waals surface area contributed by atoms with Crippen LogP contribution in [-0.2, 0) is 11.3 Å². The van der Waals surface area contributed by atoms with Crippen molar-refractivity contribution in [2.75, 3.05) is 7.11 Å². The van der Waals surface area contributed by atoms with Crippen LogP contribution in [0.4, 0.5) is 0 Å². The van der Waals surface area contributed by atoms with Gasteiger partial charge in [0.15, 0.2) is 11.4 Å². The number of rotatable bonds is 8. The molecule has 0 aliphatic heterocycles. The van der Waals surface area contributed by atoms with Crippen LogP contribution in [-0.4, -0.2) is 39.3 Å². The van der Waals surface area contributed by atoms with Crippen LogP contribution in [0.25, 0.3) is 16.7 Å². The molecular weight excluding hydrogens is 536 g/mol. The molecule has 0 bridgehead atoms. The van der Waals surface area contributed by atoms with Gasteiger partial charge in [-0.1, -0.05) is 12.1 Å². The minimum Gasteiger partial charge on any atom is -0.465 e. The number of Topliss-reactive ketones (excluding diaryl/α,β-unsaturated/α-hetero) is 1. The molecule has 3 aromatic carbocycles. The van der Waals surface area contributed by atoms with Crippen LogP contribution in [0.5, 0.6) is 11.8 Å². The second-order valence-corrected chi connectivity index (χ2v) is 9.44. The summed E-state index contributed by atoms with van der Waals surface area (Å²) in [6, 6.07) is 23.1. The number of ketones is 1. The number of methoxy groups -OCH3 is 1. The third-order valence-electron chi connectivity index (χ3n) is 6.61. The lowest BCUT2D eigenvalue weighted by Crippen LogP contribution is -2.23. The maximum Gasteiger partial charge on any atom is 0.337 e. The van der Waals surface area contributed by atoms with Gasteiger partial charge in [0.2, 0.25) is 0 Å². The van der Waals surface area contributed by atoms with Crippen LogP contribution < -0.4 is 15.6 Å². The van der Waals surface area contributed by atoms with Crippen LogP contribution in [0.15, 0.2) is 89.7 Å². The Labute approximate surface area is 240 Å². The zero-order chi connectivity index (χ0) is 29.8. The molecular formula is C32H26N4O6. The number of nitrogens with one attached hydrogen (secondary N) is 1. The van der Waals surface area contributed by atoms with Crippen molar-refractivity contribution in [1.29, 1.82) is 0 Å². The van der Waals surface area contributed by atoms with Crippen molar-refractivity contribution in [3.8, 4) is 17.4 Å². The molecule has 42 heavy (non-hydrogen) atoms. The third kappa shape index (κ3) is 5.92. The number of benzene rings is 3. The molecule has 1 amide bonds. The van der Waals surface area contributed by atoms with E-state index in [-0.39, 0.29) is 29.8 Å². The number of hydrogen-bond acceptors (Lipinski definition) is 8. The van der Waals surface area contributed by atoms with E-state index in [1.54, 1.807) is 85.8 Å². The number of esters is 1. The molecule has 0 spiro atoms. The molecule has 0 saturated heterocycles. The van der Waals surface area contributed by atoms with E-state index in [0.29, 0.717) is 44.9 Å². The van der Waals surface area contributed by atoms with Gasteiger partial charge in [0.25, 0.3) is 11.5 Å². The second-order valence-electron chi connectivity index (χ2n) is 9.44. The van der Waals surface area contributed by atoms with E-state index in [0.717, 1.165) is 5.56 Å². The average Bonchev–Trinajstić information content (AvgIpc) is 3.00. The van der Waals surface area contributed by atoms with E-state index in [2.05, 4.69) is 15.3 Å². The SMILES string of the molecule is COC(=O)c1ccc(CNC(=O)c2ccc(-n3c(=O)ccc4c(C)nc(Oc5ccc(C(C)=O)cc5)nc43)cc2)cc1. The van der Waals surface area contributed by atoms with Crippen LogP contribution in [0.1, 0.15) is 49.3 Å². The molecule has 0 fully saturated rings. The summed E-state index contributed by atoms with van der Waals surface area (Å²) in [5.74, 6) is -0.340. The maximum atomic E-state index is 13.0. The number of fused-ring (bicyclic) bond motifs is 1. The van der Waals surface area contributed by atoms with Crippen molar-refractivity contribution in [2.24, 2.45) is 0 Å². The lowest BCUT2D eigenvalue weighted by atomic mass is 10.1. The first-order valence-electron chi connectivity index (χ1n) is 13.0. The van der Waals surface area contributed by atoms with Gasteiger partial charge < -0.3 is 14.8 Å². The molecule has 10 heteroatoms. The number of nitrogens with zero attached hydrogens (tertiary/aromatic N) is 3. The van der Waals surface area contributed by atoms with E-state index in [1.807, 2.05) is 0 Å². The van der Waals surface area contributed by atoms with E-state index >= 15 is 0 Å². The standard InChI is InChI=1S/C32H26N4O6/c1-19-27-16-17-28(38)36(29(27)35-32(34-19)42-26-14-10-22(11-15-26)20(2)37)25-12-8-23(9-13-25)30(39)33-18-21-4-6-24(7-5-21)31(40)41-3/h4-17H,18H2,1-3H3,(H,33,39). The first-order valence-corrected chi connectivity index (χ1v) is 13.0. The number of carbonyl (C=O) groups excluding carboxylic acids is 3. The molecule has 0 aliphatic carbocycles. The summed E-state index contributed by atoms with van der Waals surface area (Å²) >= 11 is 0. The van der Waals surface area contributed by atoms with Crippen LogP contribution in [0, 0.1) is 6.92 Å². The van der Waals surface area contributed by atoms with Gasteiger partial charge in [0.05, 0.1) is 24.1 Å². The molecule has 5 aromatic rings. The number of aryl methyl sites for hydroxylation is 1. The molecule has 210 valence electrons. The van der Waals surface area contributed by atoms with Crippen molar-refractivity contribution in [3.05, 3.63) is 123 Å². The Bertz CT molecular complexity index is 1860. The summed E-state index contributed by atoms with van der Waals surface area (Å²) in [4.78, 5) is 57.9. The predicted octanol–water partition coefficient (Wildman–Crippen LogP) is 4.80. The average molecular weight is 563 g/mol. The van der Waals surface area contributed by atoms with Crippen LogP contribution in [0.3, 0.4) is 0 Å². The number of amides is 1. The van der Waals surface area contributed by atoms with Crippen LogP contribution >= 0.6 is 0 Å². The topological polar surface area (TPSA) is 129 Å². The smallest absolute Gasteiger partial charge is 0.337 e. The van der Waals surface area contributed by atoms with E-state index in [1.165, 1.54) is 24.7 Å². The highest BCUT2D eigenvalue weighted by atomic mass is 16.5. The van der Waals surface area contributed by atoms with Crippen molar-refractivity contribution in [1.82, 2.24) is 19.9 Å². The monoisotopic (exact) mass is 562 g/mol. The number of pyridine rings is 1. The van der Waals surface area contributed by atoms with Gasteiger partial charge in [-0.3, -0.25) is 19.0 Å². The Morgan fingerprint density at radius 2 is 1.45 bits per heavy atom. The maximum absolute atomic E-state index is 13.0. The number of ether oxygens (including phenoxy) is 2. The van der Waals surface area contributed by atoms with Crippen molar-refractivity contribution in [3.63, 3.8) is 0 Å². The van der Waals surface area contributed by atoms with Gasteiger partial charge in [0.1, 0.15) is 5.75 Å². The molecule has 2 aromatic heterocycles. The Morgan fingerprint density at radius 1 is 0.810 bits per heavy atom. The highest BCUT2D eigenvalue weighted by Crippen LogP contribution is 2.24. The van der Waals surface area contributed by atoms with Gasteiger partial charge in [-0.25, -0.2) is 4.79 Å². The summed E-state index contributed by atoms with van der Waals surface area (Å²) in [5.41, 5.74) is 3.35. The largest absolute Gasteiger partial charge is 0.465 e. The van der Waals surface area contributed by atoms with Crippen molar-refractivity contribution < 1.29 is 23.9 Å². The Hall–Kier alpha value is -5.64. The lowest BCUT2D eigenvalue weighted by Gasteiger charge is -2.13. The molecule has 0 saturated carbocycles. The van der Waals surface area contributed by atoms with Crippen LogP contribution in [0.2, 0.25) is 0 Å². The summed E-state index contributed by atoms with van der Waals surface area (Å²) < 4.78 is 12.0. The highest BCUT2D eigenvalue weighted by Gasteiger charge is 2.14. The molecule has 0 atom stereocenters. The summed E-state index contributed by atoms with van der Waals surface area (Å²) in [7, 11) is 1.32. The zero-order valence-electron chi connectivity index (χ0n) is 23.1. The molecule has 5 rings (SSSR count). The minimum absolute atomic E-state index is 0.0468. The number of aromatic nitrogens is 3. The molecule has 0 radical (unpaired) electrons. The Kier molecular flexibility index (Phi) is 7.87. The second kappa shape index (κ2) is 11.8. The summed E-state index contributed by atoms with van der Waals surface area (Å²) in [5, 5.41) is 3.51. The molecule has 1 N–H and O–H groups in total. The van der Waals surface area contributed by atoms with E-state index < -0.39 is 5.97 Å². The first kappa shape index (κ1) is 27.9. The van der Waals surface area contributed by atoms with Gasteiger partial charge in [-0.05, 0) is 86.1 Å². The molecule has 0 aliphatic rings. The number of carbonyl (C=O) groups is 3. The highest BCUT2D eigenvalue weighted by molar-refractivity contribution is 5.95. The molecule has 0 unspecified atom stereocenters. The van der Waals surface area contributed by atoms with E-state index in [4.69, 9.17) is 9.47 Å². The summed E-state index contributed by atoms with van der Waals surface area (Å²) in [6.07, 6.45) is 0. The van der Waals surface area contributed by atoms with Gasteiger partial charge in [-0.2, -0.15) is 9.97 Å². The number of hydrogen-bond donors (Lipinski definition) is 1. The van der Waals surface area contributed by atoms with Crippen molar-refractivity contribution >= 4 is 28.7 Å². The van der Waals surface area contributed by atoms with E-state index in [9.17, 15) is 19.2 Å². The zero-order valence-corrected chi connectivity index (χ0v) is 23.1. The Balaban J connectivity index is 1.37. The first-order chi connectivity index (χ1) is 20.2. The summed E-state index contributed by atoms with van der Waals surface area (Å²) in [6.45, 7) is 3.54. The minimum atomic E-state index is -0.429. The fraction of sp³-hybridized carbons (Fsp3) is 0.125. The fourth-order valence-corrected chi connectivity index (χ4v) is 4.32.